The van der Waals surface area contributed by atoms with E-state index in [1.807, 2.05) is 13.0 Å². The third kappa shape index (κ3) is 5.12. The summed E-state index contributed by atoms with van der Waals surface area (Å²) >= 11 is 1.15. The largest absolute Gasteiger partial charge is 0.478 e. The van der Waals surface area contributed by atoms with E-state index in [0.717, 1.165) is 24.1 Å². The number of alkyl halides is 3. The average Bonchev–Trinajstić information content (AvgIpc) is 3.28. The van der Waals surface area contributed by atoms with Crippen LogP contribution in [0.3, 0.4) is 0 Å². The highest BCUT2D eigenvalue weighted by Crippen LogP contribution is 2.38. The zero-order valence-corrected chi connectivity index (χ0v) is 21.4. The molecule has 0 aliphatic carbocycles. The molecule has 198 valence electrons. The molecule has 0 radical (unpaired) electrons. The first-order valence-electron chi connectivity index (χ1n) is 11.3. The minimum Gasteiger partial charge on any atom is -0.478 e. The highest BCUT2D eigenvalue weighted by molar-refractivity contribution is 7.13. The van der Waals surface area contributed by atoms with Crippen molar-refractivity contribution in [2.24, 2.45) is 7.05 Å². The number of nitrogens with zero attached hydrogens (tertiary/aromatic N) is 3. The van der Waals surface area contributed by atoms with Gasteiger partial charge in [-0.3, -0.25) is 9.36 Å². The van der Waals surface area contributed by atoms with E-state index in [2.05, 4.69) is 11.0 Å². The molecule has 4 rings (SSSR count). The first-order chi connectivity index (χ1) is 17.9. The van der Waals surface area contributed by atoms with Crippen molar-refractivity contribution in [3.8, 4) is 22.7 Å². The predicted molar refractivity (Wildman–Crippen MR) is 137 cm³/mol. The van der Waals surface area contributed by atoms with Crippen LogP contribution in [0.25, 0.3) is 27.0 Å². The molecule has 0 N–H and O–H groups in total. The number of ether oxygens (including phenoxy) is 2. The minimum absolute atomic E-state index is 0.0373. The van der Waals surface area contributed by atoms with Crippen LogP contribution in [0.4, 0.5) is 13.2 Å². The number of fused-ring (bicyclic) bond motifs is 1. The second-order valence-electron chi connectivity index (χ2n) is 8.43. The molecule has 0 amide bonds. The van der Waals surface area contributed by atoms with E-state index in [1.54, 1.807) is 25.1 Å². The lowest BCUT2D eigenvalue weighted by molar-refractivity contribution is -0.149. The summed E-state index contributed by atoms with van der Waals surface area (Å²) in [5.41, 5.74) is -1.64. The number of esters is 1. The van der Waals surface area contributed by atoms with Gasteiger partial charge in [-0.25, -0.2) is 14.2 Å². The van der Waals surface area contributed by atoms with Crippen LogP contribution < -0.4 is 16.0 Å². The molecule has 0 fully saturated rings. The second kappa shape index (κ2) is 10.3. The molecule has 0 saturated carbocycles. The normalized spacial score (nSPS) is 12.4. The molecule has 38 heavy (non-hydrogen) atoms. The van der Waals surface area contributed by atoms with E-state index >= 15 is 0 Å². The van der Waals surface area contributed by atoms with Gasteiger partial charge in [0.2, 0.25) is 0 Å². The number of carbonyl (C=O) groups is 1. The zero-order valence-electron chi connectivity index (χ0n) is 20.5. The molecule has 0 aliphatic heterocycles. The van der Waals surface area contributed by atoms with Crippen molar-refractivity contribution in [3.63, 3.8) is 0 Å². The summed E-state index contributed by atoms with van der Waals surface area (Å²) < 4.78 is 57.0. The molecule has 2 aromatic carbocycles. The Bertz CT molecular complexity index is 1670. The Morgan fingerprint density at radius 2 is 1.92 bits per heavy atom. The molecule has 1 atom stereocenters. The van der Waals surface area contributed by atoms with Crippen LogP contribution in [0.2, 0.25) is 0 Å². The molecule has 4 aromatic rings. The molecule has 12 heteroatoms. The summed E-state index contributed by atoms with van der Waals surface area (Å²) in [7, 11) is 0.953. The van der Waals surface area contributed by atoms with Crippen molar-refractivity contribution in [3.05, 3.63) is 87.2 Å². The number of rotatable bonds is 7. The lowest BCUT2D eigenvalue weighted by atomic mass is 10.0. The van der Waals surface area contributed by atoms with Gasteiger partial charge in [-0.05, 0) is 55.7 Å². The van der Waals surface area contributed by atoms with E-state index in [1.165, 1.54) is 18.2 Å². The number of benzene rings is 2. The van der Waals surface area contributed by atoms with Gasteiger partial charge < -0.3 is 9.47 Å². The Hall–Kier alpha value is -4.19. The van der Waals surface area contributed by atoms with Crippen LogP contribution in [0.1, 0.15) is 18.2 Å². The summed E-state index contributed by atoms with van der Waals surface area (Å²) in [6, 6.07) is 10.3. The summed E-state index contributed by atoms with van der Waals surface area (Å²) in [4.78, 5) is 37.6. The SMILES string of the molecule is C=CCOC(=O)C(C)Oc1ccc(C)cc1-c1nsc2ccc(-n3c(=O)cc(C(F)(F)F)n(C)c3=O)cc12. The maximum absolute atomic E-state index is 13.3. The Morgan fingerprint density at radius 1 is 1.18 bits per heavy atom. The lowest BCUT2D eigenvalue weighted by Gasteiger charge is -2.16. The molecular weight excluding hydrogens is 523 g/mol. The molecule has 2 aromatic heterocycles. The number of aromatic nitrogens is 3. The van der Waals surface area contributed by atoms with Gasteiger partial charge in [0.15, 0.2) is 6.10 Å². The molecule has 0 bridgehead atoms. The van der Waals surface area contributed by atoms with Crippen molar-refractivity contribution >= 4 is 27.6 Å². The topological polar surface area (TPSA) is 92.4 Å². The van der Waals surface area contributed by atoms with Gasteiger partial charge in [0.25, 0.3) is 5.56 Å². The smallest absolute Gasteiger partial charge is 0.431 e. The van der Waals surface area contributed by atoms with Gasteiger partial charge in [0.05, 0.1) is 16.1 Å². The quantitative estimate of drug-likeness (QED) is 0.248. The van der Waals surface area contributed by atoms with Gasteiger partial charge in [-0.1, -0.05) is 24.3 Å². The number of hydrogen-bond acceptors (Lipinski definition) is 7. The fourth-order valence-corrected chi connectivity index (χ4v) is 4.59. The van der Waals surface area contributed by atoms with E-state index in [-0.39, 0.29) is 12.3 Å². The van der Waals surface area contributed by atoms with Crippen LogP contribution in [0.5, 0.6) is 5.75 Å². The predicted octanol–water partition coefficient (Wildman–Crippen LogP) is 4.64. The average molecular weight is 546 g/mol. The molecule has 0 saturated heterocycles. The Morgan fingerprint density at radius 3 is 2.61 bits per heavy atom. The van der Waals surface area contributed by atoms with E-state index < -0.39 is 35.2 Å². The third-order valence-corrected chi connectivity index (χ3v) is 6.52. The van der Waals surface area contributed by atoms with Crippen LogP contribution in [0.15, 0.2) is 64.7 Å². The maximum Gasteiger partial charge on any atom is 0.431 e. The first-order valence-corrected chi connectivity index (χ1v) is 12.0. The number of aryl methyl sites for hydroxylation is 1. The fourth-order valence-electron chi connectivity index (χ4n) is 3.82. The summed E-state index contributed by atoms with van der Waals surface area (Å²) in [5.74, 6) is -0.238. The first kappa shape index (κ1) is 26.9. The molecule has 2 heterocycles. The van der Waals surface area contributed by atoms with Gasteiger partial charge in [-0.15, -0.1) is 0 Å². The molecule has 8 nitrogen and oxygen atoms in total. The van der Waals surface area contributed by atoms with E-state index in [0.29, 0.717) is 42.3 Å². The number of halogens is 3. The lowest BCUT2D eigenvalue weighted by Crippen LogP contribution is -2.40. The summed E-state index contributed by atoms with van der Waals surface area (Å²) in [5, 5.41) is 0.540. The van der Waals surface area contributed by atoms with Crippen LogP contribution in [-0.2, 0) is 22.8 Å². The monoisotopic (exact) mass is 545 g/mol. The number of hydrogen-bond donors (Lipinski definition) is 0. The zero-order chi connectivity index (χ0) is 27.8. The van der Waals surface area contributed by atoms with Crippen molar-refractivity contribution in [2.75, 3.05) is 6.61 Å². The van der Waals surface area contributed by atoms with Crippen molar-refractivity contribution in [1.82, 2.24) is 13.5 Å². The van der Waals surface area contributed by atoms with Crippen LogP contribution in [-0.4, -0.2) is 32.2 Å². The van der Waals surface area contributed by atoms with Gasteiger partial charge in [0, 0.05) is 24.1 Å². The maximum atomic E-state index is 13.3. The Kier molecular flexibility index (Phi) is 7.27. The fraction of sp³-hybridized carbons (Fsp3) is 0.231. The third-order valence-electron chi connectivity index (χ3n) is 5.69. The van der Waals surface area contributed by atoms with Crippen LogP contribution >= 0.6 is 11.5 Å². The number of carbonyl (C=O) groups excluding carboxylic acids is 1. The second-order valence-corrected chi connectivity index (χ2v) is 9.24. The van der Waals surface area contributed by atoms with Crippen molar-refractivity contribution < 1.29 is 27.4 Å². The molecule has 1 unspecified atom stereocenters. The van der Waals surface area contributed by atoms with Crippen molar-refractivity contribution in [2.45, 2.75) is 26.1 Å². The minimum atomic E-state index is -4.86. The van der Waals surface area contributed by atoms with E-state index in [9.17, 15) is 27.6 Å². The molecular formula is C26H22F3N3O5S. The Balaban J connectivity index is 1.83. The highest BCUT2D eigenvalue weighted by Gasteiger charge is 2.35. The Labute approximate surface area is 218 Å². The standard InChI is InChI=1S/C26H22F3N3O5S/c1-5-10-36-24(34)15(3)37-19-8-6-14(2)11-17(19)23-18-12-16(7-9-20(18)38-30-23)32-22(33)13-21(26(27,28)29)31(4)25(32)35/h5-9,11-13,15H,1,10H2,2-4H3. The van der Waals surface area contributed by atoms with Gasteiger partial charge >= 0.3 is 17.8 Å². The summed E-state index contributed by atoms with van der Waals surface area (Å²) in [6.45, 7) is 6.94. The van der Waals surface area contributed by atoms with E-state index in [4.69, 9.17) is 9.47 Å². The van der Waals surface area contributed by atoms with Gasteiger partial charge in [-0.2, -0.15) is 17.5 Å². The molecule has 0 spiro atoms. The highest BCUT2D eigenvalue weighted by atomic mass is 32.1. The summed E-state index contributed by atoms with van der Waals surface area (Å²) in [6.07, 6.45) is -4.36. The van der Waals surface area contributed by atoms with Gasteiger partial charge in [0.1, 0.15) is 18.1 Å². The molecule has 0 aliphatic rings. The van der Waals surface area contributed by atoms with Crippen LogP contribution in [0, 0.1) is 6.92 Å². The van der Waals surface area contributed by atoms with Crippen molar-refractivity contribution in [1.29, 1.82) is 0 Å².